The molecule has 0 unspecified atom stereocenters. The lowest BCUT2D eigenvalue weighted by Gasteiger charge is -2.18. The molecule has 2 saturated heterocycles. The van der Waals surface area contributed by atoms with E-state index in [9.17, 15) is 4.79 Å². The van der Waals surface area contributed by atoms with Gasteiger partial charge in [0.25, 0.3) is 0 Å². The molecule has 8 nitrogen and oxygen atoms in total. The van der Waals surface area contributed by atoms with Crippen LogP contribution in [0.4, 0.5) is 5.95 Å². The molecule has 1 amide bonds. The Kier molecular flexibility index (Phi) is 6.02. The average Bonchev–Trinajstić information content (AvgIpc) is 3.55. The number of carbonyl (C=O) groups is 1. The van der Waals surface area contributed by atoms with Crippen LogP contribution in [-0.4, -0.2) is 60.5 Å². The first-order valence-electron chi connectivity index (χ1n) is 10.5. The number of thiophene rings is 1. The van der Waals surface area contributed by atoms with Crippen molar-refractivity contribution >= 4 is 23.2 Å². The minimum Gasteiger partial charge on any atom is -0.496 e. The fraction of sp³-hybridized carbons (Fsp3) is 0.348. The molecule has 2 aliphatic heterocycles. The zero-order chi connectivity index (χ0) is 21.9. The van der Waals surface area contributed by atoms with Crippen LogP contribution >= 0.6 is 11.3 Å². The lowest BCUT2D eigenvalue weighted by molar-refractivity contribution is -0.121. The molecule has 2 N–H and O–H groups in total. The SMILES string of the molecule is COc1ccccc1-c1ccnc(N[C@@H]2CO[C@@H]3[C@@H]2OC[C@@H]3NC(=O)Cc2cccs2)n1. The minimum atomic E-state index is -0.197. The van der Waals surface area contributed by atoms with Gasteiger partial charge in [-0.3, -0.25) is 4.79 Å². The number of rotatable bonds is 7. The van der Waals surface area contributed by atoms with Crippen LogP contribution in [0.5, 0.6) is 5.75 Å². The second-order valence-electron chi connectivity index (χ2n) is 7.74. The number of benzene rings is 1. The number of fused-ring (bicyclic) bond motifs is 1. The van der Waals surface area contributed by atoms with Gasteiger partial charge < -0.3 is 24.8 Å². The summed E-state index contributed by atoms with van der Waals surface area (Å²) in [6.45, 7) is 0.876. The highest BCUT2D eigenvalue weighted by molar-refractivity contribution is 7.10. The van der Waals surface area contributed by atoms with Gasteiger partial charge in [-0.2, -0.15) is 0 Å². The number of hydrogen-bond donors (Lipinski definition) is 2. The number of amides is 1. The van der Waals surface area contributed by atoms with Crippen molar-refractivity contribution in [1.82, 2.24) is 15.3 Å². The molecule has 4 atom stereocenters. The van der Waals surface area contributed by atoms with E-state index in [1.165, 1.54) is 0 Å². The van der Waals surface area contributed by atoms with E-state index in [0.717, 1.165) is 21.9 Å². The standard InChI is InChI=1S/C23H24N4O4S/c1-29-19-7-3-2-6-15(19)16-8-9-24-23(26-16)27-18-13-31-21-17(12-30-22(18)21)25-20(28)11-14-5-4-10-32-14/h2-10,17-18,21-22H,11-13H2,1H3,(H,25,28)(H,24,26,27)/t17-,18+,21-,22+/m0/s1. The maximum Gasteiger partial charge on any atom is 0.225 e. The van der Waals surface area contributed by atoms with Gasteiger partial charge >= 0.3 is 0 Å². The van der Waals surface area contributed by atoms with Crippen molar-refractivity contribution in [2.24, 2.45) is 0 Å². The van der Waals surface area contributed by atoms with E-state index < -0.39 is 0 Å². The summed E-state index contributed by atoms with van der Waals surface area (Å²) < 4.78 is 17.4. The summed E-state index contributed by atoms with van der Waals surface area (Å²) in [5, 5.41) is 8.38. The molecule has 0 radical (unpaired) electrons. The Morgan fingerprint density at radius 1 is 1.12 bits per heavy atom. The first kappa shape index (κ1) is 20.9. The van der Waals surface area contributed by atoms with Crippen molar-refractivity contribution in [1.29, 1.82) is 0 Å². The lowest BCUT2D eigenvalue weighted by atomic mass is 10.1. The second-order valence-corrected chi connectivity index (χ2v) is 8.77. The summed E-state index contributed by atoms with van der Waals surface area (Å²) in [5.74, 6) is 1.23. The number of nitrogens with zero attached hydrogens (tertiary/aromatic N) is 2. The number of ether oxygens (including phenoxy) is 3. The third-order valence-corrected chi connectivity index (χ3v) is 6.54. The Morgan fingerprint density at radius 2 is 1.94 bits per heavy atom. The fourth-order valence-corrected chi connectivity index (χ4v) is 4.88. The molecule has 4 heterocycles. The number of carbonyl (C=O) groups excluding carboxylic acids is 1. The largest absolute Gasteiger partial charge is 0.496 e. The van der Waals surface area contributed by atoms with Gasteiger partial charge in [-0.25, -0.2) is 9.97 Å². The summed E-state index contributed by atoms with van der Waals surface area (Å²) in [7, 11) is 1.64. The number of methoxy groups -OCH3 is 1. The molecule has 2 aliphatic rings. The predicted octanol–water partition coefficient (Wildman–Crippen LogP) is 2.52. The Hall–Kier alpha value is -3.01. The van der Waals surface area contributed by atoms with Gasteiger partial charge in [0.1, 0.15) is 18.0 Å². The summed E-state index contributed by atoms with van der Waals surface area (Å²) in [6, 6.07) is 13.2. The summed E-state index contributed by atoms with van der Waals surface area (Å²) in [6.07, 6.45) is 1.71. The van der Waals surface area contributed by atoms with Crippen LogP contribution in [0.15, 0.2) is 54.0 Å². The number of para-hydroxylation sites is 1. The van der Waals surface area contributed by atoms with Crippen LogP contribution in [0.1, 0.15) is 4.88 Å². The number of anilines is 1. The molecular formula is C23H24N4O4S. The molecule has 0 aliphatic carbocycles. The molecule has 2 aromatic heterocycles. The van der Waals surface area contributed by atoms with Crippen molar-refractivity contribution in [3.63, 3.8) is 0 Å². The summed E-state index contributed by atoms with van der Waals surface area (Å²) in [4.78, 5) is 22.5. The summed E-state index contributed by atoms with van der Waals surface area (Å²) >= 11 is 1.58. The Balaban J connectivity index is 1.23. The van der Waals surface area contributed by atoms with Gasteiger partial charge in [0, 0.05) is 16.6 Å². The van der Waals surface area contributed by atoms with Crippen LogP contribution < -0.4 is 15.4 Å². The maximum atomic E-state index is 12.4. The van der Waals surface area contributed by atoms with Crippen molar-refractivity contribution in [3.05, 3.63) is 58.9 Å². The lowest BCUT2D eigenvalue weighted by Crippen LogP contribution is -2.45. The normalized spacial score (nSPS) is 24.2. The van der Waals surface area contributed by atoms with E-state index in [1.807, 2.05) is 47.8 Å². The van der Waals surface area contributed by atoms with Gasteiger partial charge in [-0.05, 0) is 29.6 Å². The van der Waals surface area contributed by atoms with E-state index in [4.69, 9.17) is 14.2 Å². The van der Waals surface area contributed by atoms with Crippen molar-refractivity contribution in [2.45, 2.75) is 30.7 Å². The fourth-order valence-electron chi connectivity index (χ4n) is 4.18. The molecule has 0 saturated carbocycles. The topological polar surface area (TPSA) is 94.6 Å². The van der Waals surface area contributed by atoms with Crippen LogP contribution in [0.3, 0.4) is 0 Å². The number of hydrogen-bond acceptors (Lipinski definition) is 8. The third kappa shape index (κ3) is 4.32. The van der Waals surface area contributed by atoms with Crippen LogP contribution in [-0.2, 0) is 20.7 Å². The van der Waals surface area contributed by atoms with Gasteiger partial charge in [0.05, 0.1) is 44.5 Å². The van der Waals surface area contributed by atoms with E-state index in [2.05, 4.69) is 20.6 Å². The van der Waals surface area contributed by atoms with Gasteiger partial charge in [-0.1, -0.05) is 18.2 Å². The van der Waals surface area contributed by atoms with Gasteiger partial charge in [0.15, 0.2) is 0 Å². The van der Waals surface area contributed by atoms with Gasteiger partial charge in [-0.15, -0.1) is 11.3 Å². The molecule has 0 spiro atoms. The zero-order valence-corrected chi connectivity index (χ0v) is 18.4. The van der Waals surface area contributed by atoms with Crippen molar-refractivity contribution < 1.29 is 19.0 Å². The monoisotopic (exact) mass is 452 g/mol. The van der Waals surface area contributed by atoms with E-state index >= 15 is 0 Å². The summed E-state index contributed by atoms with van der Waals surface area (Å²) in [5.41, 5.74) is 1.66. The second kappa shape index (κ2) is 9.23. The quantitative estimate of drug-likeness (QED) is 0.569. The van der Waals surface area contributed by atoms with E-state index in [0.29, 0.717) is 25.6 Å². The molecule has 32 heavy (non-hydrogen) atoms. The average molecular weight is 453 g/mol. The molecule has 3 aromatic rings. The molecule has 9 heteroatoms. The zero-order valence-electron chi connectivity index (χ0n) is 17.6. The van der Waals surface area contributed by atoms with Crippen LogP contribution in [0, 0.1) is 0 Å². The number of aromatic nitrogens is 2. The van der Waals surface area contributed by atoms with Crippen molar-refractivity contribution in [2.75, 3.05) is 25.6 Å². The maximum absolute atomic E-state index is 12.4. The highest BCUT2D eigenvalue weighted by Crippen LogP contribution is 2.31. The minimum absolute atomic E-state index is 0.0189. The third-order valence-electron chi connectivity index (χ3n) is 5.67. The Labute approximate surface area is 189 Å². The molecule has 166 valence electrons. The number of nitrogens with one attached hydrogen (secondary N) is 2. The predicted molar refractivity (Wildman–Crippen MR) is 121 cm³/mol. The molecule has 0 bridgehead atoms. The highest BCUT2D eigenvalue weighted by atomic mass is 32.1. The van der Waals surface area contributed by atoms with Crippen LogP contribution in [0.25, 0.3) is 11.3 Å². The first-order chi connectivity index (χ1) is 15.7. The molecule has 5 rings (SSSR count). The van der Waals surface area contributed by atoms with Crippen molar-refractivity contribution in [3.8, 4) is 17.0 Å². The Bertz CT molecular complexity index is 1080. The van der Waals surface area contributed by atoms with Crippen LogP contribution in [0.2, 0.25) is 0 Å². The highest BCUT2D eigenvalue weighted by Gasteiger charge is 2.48. The van der Waals surface area contributed by atoms with Gasteiger partial charge in [0.2, 0.25) is 11.9 Å². The smallest absolute Gasteiger partial charge is 0.225 e. The Morgan fingerprint density at radius 3 is 2.75 bits per heavy atom. The van der Waals surface area contributed by atoms with E-state index in [-0.39, 0.29) is 30.2 Å². The molecule has 1 aromatic carbocycles. The molecular weight excluding hydrogens is 428 g/mol. The van der Waals surface area contributed by atoms with E-state index in [1.54, 1.807) is 24.6 Å². The first-order valence-corrected chi connectivity index (χ1v) is 11.4. The molecule has 2 fully saturated rings.